The highest BCUT2D eigenvalue weighted by molar-refractivity contribution is 5.74. The van der Waals surface area contributed by atoms with E-state index < -0.39 is 19.1 Å². The first-order chi connectivity index (χ1) is 7.61. The number of halogens is 2. The van der Waals surface area contributed by atoms with E-state index in [2.05, 4.69) is 5.32 Å². The molecule has 2 N–H and O–H groups in total. The van der Waals surface area contributed by atoms with Gasteiger partial charge in [0, 0.05) is 13.1 Å². The van der Waals surface area contributed by atoms with Crippen LogP contribution >= 0.6 is 0 Å². The summed E-state index contributed by atoms with van der Waals surface area (Å²) in [4.78, 5) is 13.2. The quantitative estimate of drug-likeness (QED) is 0.773. The van der Waals surface area contributed by atoms with Crippen molar-refractivity contribution in [1.29, 1.82) is 0 Å². The Morgan fingerprint density at radius 2 is 1.81 bits per heavy atom. The predicted octanol–water partition coefficient (Wildman–Crippen LogP) is 1.20. The van der Waals surface area contributed by atoms with Crippen molar-refractivity contribution in [2.45, 2.75) is 38.2 Å². The van der Waals surface area contributed by atoms with Crippen molar-refractivity contribution in [3.63, 3.8) is 0 Å². The summed E-state index contributed by atoms with van der Waals surface area (Å²) in [7, 11) is 0. The van der Waals surface area contributed by atoms with Crippen molar-refractivity contribution < 1.29 is 18.7 Å². The number of urea groups is 1. The van der Waals surface area contributed by atoms with Crippen molar-refractivity contribution in [3.05, 3.63) is 0 Å². The van der Waals surface area contributed by atoms with Crippen LogP contribution in [0.25, 0.3) is 0 Å². The highest BCUT2D eigenvalue weighted by Crippen LogP contribution is 2.09. The molecule has 0 saturated carbocycles. The maximum atomic E-state index is 12.0. The fourth-order valence-corrected chi connectivity index (χ4v) is 1.67. The summed E-state index contributed by atoms with van der Waals surface area (Å²) in [6, 6.07) is -0.360. The molecule has 4 nitrogen and oxygen atoms in total. The molecule has 0 aliphatic carbocycles. The molecule has 0 aromatic carbocycles. The summed E-state index contributed by atoms with van der Waals surface area (Å²) in [5.74, 6) is 0. The number of carbonyl (C=O) groups is 1. The number of nitrogens with zero attached hydrogens (tertiary/aromatic N) is 1. The number of rotatable bonds is 3. The summed E-state index contributed by atoms with van der Waals surface area (Å²) >= 11 is 0. The molecule has 6 heteroatoms. The van der Waals surface area contributed by atoms with Gasteiger partial charge < -0.3 is 15.3 Å². The second kappa shape index (κ2) is 6.62. The van der Waals surface area contributed by atoms with E-state index in [1.165, 1.54) is 0 Å². The third kappa shape index (κ3) is 4.30. The highest BCUT2D eigenvalue weighted by atomic mass is 19.3. The van der Waals surface area contributed by atoms with E-state index in [1.807, 2.05) is 0 Å². The largest absolute Gasteiger partial charge is 0.385 e. The summed E-state index contributed by atoms with van der Waals surface area (Å²) < 4.78 is 23.9. The zero-order valence-corrected chi connectivity index (χ0v) is 9.16. The molecule has 1 aliphatic rings. The van der Waals surface area contributed by atoms with Gasteiger partial charge >= 0.3 is 6.03 Å². The van der Waals surface area contributed by atoms with Gasteiger partial charge in [-0.2, -0.15) is 0 Å². The average molecular weight is 236 g/mol. The molecule has 0 aromatic heterocycles. The normalized spacial score (nSPS) is 19.4. The van der Waals surface area contributed by atoms with Crippen LogP contribution < -0.4 is 5.32 Å². The molecule has 1 heterocycles. The Labute approximate surface area is 93.6 Å². The Morgan fingerprint density at radius 1 is 1.25 bits per heavy atom. The Bertz CT molecular complexity index is 219. The molecule has 1 fully saturated rings. The molecule has 0 aromatic rings. The van der Waals surface area contributed by atoms with Crippen molar-refractivity contribution in [2.75, 3.05) is 19.6 Å². The van der Waals surface area contributed by atoms with Crippen LogP contribution in [-0.2, 0) is 0 Å². The number of amides is 2. The summed E-state index contributed by atoms with van der Waals surface area (Å²) in [5, 5.41) is 11.2. The van der Waals surface area contributed by atoms with Crippen LogP contribution in [0.1, 0.15) is 25.7 Å². The second-order valence-electron chi connectivity index (χ2n) is 3.99. The smallest absolute Gasteiger partial charge is 0.317 e. The van der Waals surface area contributed by atoms with Crippen LogP contribution in [0.15, 0.2) is 0 Å². The maximum Gasteiger partial charge on any atom is 0.317 e. The van der Waals surface area contributed by atoms with E-state index in [1.54, 1.807) is 4.90 Å². The van der Waals surface area contributed by atoms with Gasteiger partial charge in [-0.25, -0.2) is 13.6 Å². The summed E-state index contributed by atoms with van der Waals surface area (Å²) in [5.41, 5.74) is 0. The SMILES string of the molecule is O=C(NCC(O)C(F)F)N1CCCCCC1. The molecule has 2 amide bonds. The van der Waals surface area contributed by atoms with Crippen molar-refractivity contribution in [2.24, 2.45) is 0 Å². The van der Waals surface area contributed by atoms with E-state index in [9.17, 15) is 13.6 Å². The molecule has 0 spiro atoms. The molecule has 1 unspecified atom stereocenters. The number of likely N-dealkylation sites (tertiary alicyclic amines) is 1. The minimum atomic E-state index is -2.82. The Balaban J connectivity index is 2.27. The van der Waals surface area contributed by atoms with Crippen LogP contribution in [0, 0.1) is 0 Å². The third-order valence-electron chi connectivity index (χ3n) is 2.65. The molecule has 0 bridgehead atoms. The number of alkyl halides is 2. The van der Waals surface area contributed by atoms with E-state index in [4.69, 9.17) is 5.11 Å². The molecule has 94 valence electrons. The maximum absolute atomic E-state index is 12.0. The minimum Gasteiger partial charge on any atom is -0.385 e. The van der Waals surface area contributed by atoms with Gasteiger partial charge in [-0.05, 0) is 12.8 Å². The predicted molar refractivity (Wildman–Crippen MR) is 55.5 cm³/mol. The lowest BCUT2D eigenvalue weighted by atomic mass is 10.2. The lowest BCUT2D eigenvalue weighted by Crippen LogP contribution is -2.44. The first-order valence-corrected chi connectivity index (χ1v) is 5.60. The Morgan fingerprint density at radius 3 is 2.31 bits per heavy atom. The van der Waals surface area contributed by atoms with E-state index in [-0.39, 0.29) is 6.03 Å². The first kappa shape index (κ1) is 13.2. The molecule has 1 aliphatic heterocycles. The monoisotopic (exact) mass is 236 g/mol. The molecule has 16 heavy (non-hydrogen) atoms. The second-order valence-corrected chi connectivity index (χ2v) is 3.99. The van der Waals surface area contributed by atoms with Crippen LogP contribution in [0.2, 0.25) is 0 Å². The lowest BCUT2D eigenvalue weighted by molar-refractivity contribution is -0.00229. The van der Waals surface area contributed by atoms with Crippen molar-refractivity contribution in [1.82, 2.24) is 10.2 Å². The van der Waals surface area contributed by atoms with Crippen LogP contribution in [0.3, 0.4) is 0 Å². The zero-order valence-electron chi connectivity index (χ0n) is 9.16. The van der Waals surface area contributed by atoms with Crippen molar-refractivity contribution >= 4 is 6.03 Å². The topological polar surface area (TPSA) is 52.6 Å². The third-order valence-corrected chi connectivity index (χ3v) is 2.65. The first-order valence-electron chi connectivity index (χ1n) is 5.60. The number of hydrogen-bond acceptors (Lipinski definition) is 2. The van der Waals surface area contributed by atoms with Crippen LogP contribution in [0.5, 0.6) is 0 Å². The van der Waals surface area contributed by atoms with Gasteiger partial charge in [0.25, 0.3) is 6.43 Å². The average Bonchev–Trinajstić information content (AvgIpc) is 2.53. The minimum absolute atomic E-state index is 0.360. The van der Waals surface area contributed by atoms with Gasteiger partial charge in [-0.3, -0.25) is 0 Å². The van der Waals surface area contributed by atoms with Crippen LogP contribution in [-0.4, -0.2) is 48.2 Å². The Kier molecular flexibility index (Phi) is 5.45. The molecule has 0 radical (unpaired) electrons. The fraction of sp³-hybridized carbons (Fsp3) is 0.900. The molecular weight excluding hydrogens is 218 g/mol. The Hall–Kier alpha value is -0.910. The highest BCUT2D eigenvalue weighted by Gasteiger charge is 2.20. The standard InChI is InChI=1S/C10H18F2N2O2/c11-9(12)8(15)7-13-10(16)14-5-3-1-2-4-6-14/h8-9,15H,1-7H2,(H,13,16). The van der Waals surface area contributed by atoms with Crippen LogP contribution in [0.4, 0.5) is 13.6 Å². The number of aliphatic hydroxyl groups excluding tert-OH is 1. The van der Waals surface area contributed by atoms with Gasteiger partial charge in [0.2, 0.25) is 0 Å². The number of hydrogen-bond donors (Lipinski definition) is 2. The summed E-state index contributed by atoms with van der Waals surface area (Å²) in [6.07, 6.45) is -0.497. The van der Waals surface area contributed by atoms with Gasteiger partial charge in [-0.15, -0.1) is 0 Å². The van der Waals surface area contributed by atoms with E-state index in [0.29, 0.717) is 13.1 Å². The van der Waals surface area contributed by atoms with E-state index in [0.717, 1.165) is 25.7 Å². The molecule has 1 saturated heterocycles. The van der Waals surface area contributed by atoms with Gasteiger partial charge in [0.05, 0.1) is 6.54 Å². The number of nitrogens with one attached hydrogen (secondary N) is 1. The van der Waals surface area contributed by atoms with Gasteiger partial charge in [0.1, 0.15) is 6.10 Å². The molecule has 1 atom stereocenters. The molecule has 1 rings (SSSR count). The zero-order chi connectivity index (χ0) is 12.0. The van der Waals surface area contributed by atoms with E-state index >= 15 is 0 Å². The number of aliphatic hydroxyl groups is 1. The number of carbonyl (C=O) groups excluding carboxylic acids is 1. The molecular formula is C10H18F2N2O2. The summed E-state index contributed by atoms with van der Waals surface area (Å²) in [6.45, 7) is 0.931. The lowest BCUT2D eigenvalue weighted by Gasteiger charge is -2.21. The fourth-order valence-electron chi connectivity index (χ4n) is 1.67. The van der Waals surface area contributed by atoms with Gasteiger partial charge in [-0.1, -0.05) is 12.8 Å². The van der Waals surface area contributed by atoms with Crippen molar-refractivity contribution in [3.8, 4) is 0 Å². The van der Waals surface area contributed by atoms with Gasteiger partial charge in [0.15, 0.2) is 0 Å².